The van der Waals surface area contributed by atoms with Crippen LogP contribution in [0.15, 0.2) is 24.3 Å². The first kappa shape index (κ1) is 17.1. The Kier molecular flexibility index (Phi) is 14.7. The van der Waals surface area contributed by atoms with Gasteiger partial charge in [0.25, 0.3) is 0 Å². The number of benzene rings is 1. The molecule has 0 fully saturated rings. The highest BCUT2D eigenvalue weighted by molar-refractivity contribution is 5.35. The molecule has 0 unspecified atom stereocenters. The van der Waals surface area contributed by atoms with Gasteiger partial charge in [-0.2, -0.15) is 0 Å². The minimum Gasteiger partial charge on any atom is -0.395 e. The minimum atomic E-state index is 0.138. The second-order valence-electron chi connectivity index (χ2n) is 2.64. The van der Waals surface area contributed by atoms with Crippen molar-refractivity contribution in [1.29, 1.82) is 0 Å². The molecule has 1 heteroatoms. The van der Waals surface area contributed by atoms with E-state index in [0.717, 1.165) is 5.56 Å². The van der Waals surface area contributed by atoms with Crippen LogP contribution in [-0.2, 0) is 0 Å². The van der Waals surface area contributed by atoms with Crippen molar-refractivity contribution in [2.75, 3.05) is 6.61 Å². The maximum Gasteiger partial charge on any atom is 0.0540 e. The molecular formula is C15H24O. The molecule has 0 aliphatic heterocycles. The van der Waals surface area contributed by atoms with E-state index in [4.69, 9.17) is 5.11 Å². The van der Waals surface area contributed by atoms with Gasteiger partial charge >= 0.3 is 0 Å². The number of aliphatic hydroxyl groups excluding tert-OH is 1. The van der Waals surface area contributed by atoms with E-state index in [1.54, 1.807) is 0 Å². The van der Waals surface area contributed by atoms with E-state index in [0.29, 0.717) is 6.42 Å². The second kappa shape index (κ2) is 13.7. The standard InChI is InChI=1S/C11H12O.2C2H6/c1-10-5-7-11(8-6-10)4-2-3-9-12;2*1-2/h5-8,12H,3,9H2,1H3;2*1-2H3. The lowest BCUT2D eigenvalue weighted by atomic mass is 10.1. The van der Waals surface area contributed by atoms with Gasteiger partial charge in [-0.3, -0.25) is 0 Å². The lowest BCUT2D eigenvalue weighted by molar-refractivity contribution is 0.305. The first-order valence-corrected chi connectivity index (χ1v) is 5.99. The Morgan fingerprint density at radius 1 is 1.00 bits per heavy atom. The molecule has 1 rings (SSSR count). The van der Waals surface area contributed by atoms with Crippen molar-refractivity contribution in [3.63, 3.8) is 0 Å². The molecule has 0 aliphatic carbocycles. The highest BCUT2D eigenvalue weighted by Crippen LogP contribution is 2.00. The number of hydrogen-bond donors (Lipinski definition) is 1. The molecule has 1 N–H and O–H groups in total. The average molecular weight is 220 g/mol. The van der Waals surface area contributed by atoms with Gasteiger partial charge in [0.1, 0.15) is 0 Å². The third-order valence-electron chi connectivity index (χ3n) is 1.52. The van der Waals surface area contributed by atoms with Crippen LogP contribution in [0.4, 0.5) is 0 Å². The Bertz CT molecular complexity index is 287. The molecule has 16 heavy (non-hydrogen) atoms. The molecule has 0 saturated heterocycles. The number of hydrogen-bond acceptors (Lipinski definition) is 1. The normalized spacial score (nSPS) is 7.38. The van der Waals surface area contributed by atoms with Crippen LogP contribution in [0.2, 0.25) is 0 Å². The topological polar surface area (TPSA) is 20.2 Å². The van der Waals surface area contributed by atoms with Gasteiger partial charge in [0, 0.05) is 12.0 Å². The van der Waals surface area contributed by atoms with Crippen LogP contribution in [0.3, 0.4) is 0 Å². The number of rotatable bonds is 1. The SMILES string of the molecule is CC.CC.Cc1ccc(C#CCCO)cc1. The van der Waals surface area contributed by atoms with E-state index in [9.17, 15) is 0 Å². The first-order chi connectivity index (χ1) is 7.83. The first-order valence-electron chi connectivity index (χ1n) is 5.99. The smallest absolute Gasteiger partial charge is 0.0540 e. The largest absolute Gasteiger partial charge is 0.395 e. The second-order valence-corrected chi connectivity index (χ2v) is 2.64. The zero-order chi connectivity index (χ0) is 12.8. The highest BCUT2D eigenvalue weighted by atomic mass is 16.2. The summed E-state index contributed by atoms with van der Waals surface area (Å²) in [6.45, 7) is 10.2. The van der Waals surface area contributed by atoms with Gasteiger partial charge in [-0.05, 0) is 19.1 Å². The van der Waals surface area contributed by atoms with Gasteiger partial charge in [-0.1, -0.05) is 57.2 Å². The van der Waals surface area contributed by atoms with E-state index in [1.165, 1.54) is 5.56 Å². The number of aryl methyl sites for hydroxylation is 1. The van der Waals surface area contributed by atoms with Crippen molar-refractivity contribution in [2.24, 2.45) is 0 Å². The quantitative estimate of drug-likeness (QED) is 0.714. The molecular weight excluding hydrogens is 196 g/mol. The summed E-state index contributed by atoms with van der Waals surface area (Å²) in [5.41, 5.74) is 2.25. The maximum atomic E-state index is 8.49. The Hall–Kier alpha value is -1.26. The average Bonchev–Trinajstić information content (AvgIpc) is 2.37. The molecule has 0 aromatic heterocycles. The van der Waals surface area contributed by atoms with Crippen molar-refractivity contribution < 1.29 is 5.11 Å². The summed E-state index contributed by atoms with van der Waals surface area (Å²) in [6.07, 6.45) is 0.549. The van der Waals surface area contributed by atoms with Crippen LogP contribution in [0.25, 0.3) is 0 Å². The van der Waals surface area contributed by atoms with Gasteiger partial charge in [-0.15, -0.1) is 0 Å². The van der Waals surface area contributed by atoms with Crippen molar-refractivity contribution in [3.8, 4) is 11.8 Å². The van der Waals surface area contributed by atoms with Gasteiger partial charge in [0.15, 0.2) is 0 Å². The van der Waals surface area contributed by atoms with Crippen LogP contribution in [0, 0.1) is 18.8 Å². The zero-order valence-corrected chi connectivity index (χ0v) is 11.2. The van der Waals surface area contributed by atoms with Crippen LogP contribution in [0.5, 0.6) is 0 Å². The number of aliphatic hydroxyl groups is 1. The van der Waals surface area contributed by atoms with Crippen molar-refractivity contribution in [3.05, 3.63) is 35.4 Å². The van der Waals surface area contributed by atoms with Crippen molar-refractivity contribution in [1.82, 2.24) is 0 Å². The van der Waals surface area contributed by atoms with Crippen molar-refractivity contribution in [2.45, 2.75) is 41.0 Å². The van der Waals surface area contributed by atoms with Gasteiger partial charge in [-0.25, -0.2) is 0 Å². The van der Waals surface area contributed by atoms with E-state index in [2.05, 4.69) is 11.8 Å². The summed E-state index contributed by atoms with van der Waals surface area (Å²) in [5.74, 6) is 5.83. The summed E-state index contributed by atoms with van der Waals surface area (Å²) in [7, 11) is 0. The Labute approximate surface area is 101 Å². The molecule has 0 aliphatic rings. The summed E-state index contributed by atoms with van der Waals surface area (Å²) < 4.78 is 0. The summed E-state index contributed by atoms with van der Waals surface area (Å²) >= 11 is 0. The van der Waals surface area contributed by atoms with Crippen LogP contribution in [-0.4, -0.2) is 11.7 Å². The summed E-state index contributed by atoms with van der Waals surface area (Å²) in [4.78, 5) is 0. The molecule has 0 spiro atoms. The van der Waals surface area contributed by atoms with Gasteiger partial charge < -0.3 is 5.11 Å². The van der Waals surface area contributed by atoms with Crippen LogP contribution >= 0.6 is 0 Å². The fourth-order valence-electron chi connectivity index (χ4n) is 0.857. The zero-order valence-electron chi connectivity index (χ0n) is 11.2. The molecule has 90 valence electrons. The maximum absolute atomic E-state index is 8.49. The molecule has 1 aromatic carbocycles. The third-order valence-corrected chi connectivity index (χ3v) is 1.52. The molecule has 0 heterocycles. The van der Waals surface area contributed by atoms with E-state index >= 15 is 0 Å². The lowest BCUT2D eigenvalue weighted by Crippen LogP contribution is -1.78. The lowest BCUT2D eigenvalue weighted by Gasteiger charge is -1.90. The van der Waals surface area contributed by atoms with E-state index < -0.39 is 0 Å². The van der Waals surface area contributed by atoms with Crippen LogP contribution in [0.1, 0.15) is 45.2 Å². The minimum absolute atomic E-state index is 0.138. The summed E-state index contributed by atoms with van der Waals surface area (Å²) in [5, 5.41) is 8.49. The monoisotopic (exact) mass is 220 g/mol. The molecule has 0 atom stereocenters. The predicted octanol–water partition coefficient (Wildman–Crippen LogP) is 3.78. The molecule has 1 nitrogen and oxygen atoms in total. The Morgan fingerprint density at radius 2 is 1.50 bits per heavy atom. The van der Waals surface area contributed by atoms with Gasteiger partial charge in [0.2, 0.25) is 0 Å². The molecule has 0 saturated carbocycles. The van der Waals surface area contributed by atoms with Gasteiger partial charge in [0.05, 0.1) is 6.61 Å². The van der Waals surface area contributed by atoms with Crippen molar-refractivity contribution >= 4 is 0 Å². The van der Waals surface area contributed by atoms with Crippen LogP contribution < -0.4 is 0 Å². The Balaban J connectivity index is 0. The fraction of sp³-hybridized carbons (Fsp3) is 0.467. The molecule has 0 amide bonds. The molecule has 0 bridgehead atoms. The predicted molar refractivity (Wildman–Crippen MR) is 72.5 cm³/mol. The highest BCUT2D eigenvalue weighted by Gasteiger charge is 1.84. The fourth-order valence-corrected chi connectivity index (χ4v) is 0.857. The molecule has 0 radical (unpaired) electrons. The Morgan fingerprint density at radius 3 is 1.94 bits per heavy atom. The van der Waals surface area contributed by atoms with E-state index in [1.807, 2.05) is 58.9 Å². The third kappa shape index (κ3) is 9.30. The van der Waals surface area contributed by atoms with E-state index in [-0.39, 0.29) is 6.61 Å². The molecule has 1 aromatic rings. The summed E-state index contributed by atoms with van der Waals surface area (Å²) in [6, 6.07) is 8.03.